The van der Waals surface area contributed by atoms with Gasteiger partial charge >= 0.3 is 0 Å². The smallest absolute Gasteiger partial charge is 0.188 e. The summed E-state index contributed by atoms with van der Waals surface area (Å²) in [6.45, 7) is 5.32. The van der Waals surface area contributed by atoms with Gasteiger partial charge in [-0.3, -0.25) is 9.59 Å². The number of rotatable bonds is 7. The molecule has 0 fully saturated rings. The Hall–Kier alpha value is -1.78. The number of ketones is 2. The number of Topliss-reactive ketones (excluding diaryl/α,β-unsaturated/α-hetero) is 2. The normalized spacial score (nSPS) is 16.2. The van der Waals surface area contributed by atoms with Gasteiger partial charge in [-0.25, -0.2) is 0 Å². The van der Waals surface area contributed by atoms with Gasteiger partial charge < -0.3 is 10.4 Å². The fourth-order valence-electron chi connectivity index (χ4n) is 3.34. The molecule has 0 bridgehead atoms. The van der Waals surface area contributed by atoms with Gasteiger partial charge in [-0.05, 0) is 50.4 Å². The van der Waals surface area contributed by atoms with Crippen molar-refractivity contribution in [2.24, 2.45) is 5.92 Å². The Morgan fingerprint density at radius 3 is 2.71 bits per heavy atom. The molecular weight excluding hydrogens is 302 g/mol. The first kappa shape index (κ1) is 18.6. The van der Waals surface area contributed by atoms with Gasteiger partial charge in [-0.1, -0.05) is 37.6 Å². The predicted molar refractivity (Wildman–Crippen MR) is 95.5 cm³/mol. The molecule has 1 aliphatic rings. The molecule has 1 aromatic rings. The fourth-order valence-corrected chi connectivity index (χ4v) is 3.34. The average molecular weight is 329 g/mol. The quantitative estimate of drug-likeness (QED) is 0.596. The van der Waals surface area contributed by atoms with Gasteiger partial charge in [0, 0.05) is 17.0 Å². The van der Waals surface area contributed by atoms with Crippen LogP contribution < -0.4 is 5.32 Å². The minimum absolute atomic E-state index is 0.0697. The number of carbonyl (C=O) groups is 2. The summed E-state index contributed by atoms with van der Waals surface area (Å²) < 4.78 is 0. The van der Waals surface area contributed by atoms with Crippen LogP contribution >= 0.6 is 0 Å². The van der Waals surface area contributed by atoms with Gasteiger partial charge in [0.05, 0.1) is 0 Å². The van der Waals surface area contributed by atoms with Crippen LogP contribution in [0.25, 0.3) is 0 Å². The summed E-state index contributed by atoms with van der Waals surface area (Å²) in [6.07, 6.45) is 5.47. The van der Waals surface area contributed by atoms with Crippen molar-refractivity contribution in [1.29, 1.82) is 0 Å². The van der Waals surface area contributed by atoms with E-state index < -0.39 is 6.61 Å². The zero-order valence-electron chi connectivity index (χ0n) is 14.6. The van der Waals surface area contributed by atoms with Crippen molar-refractivity contribution in [2.45, 2.75) is 39.5 Å². The lowest BCUT2D eigenvalue weighted by molar-refractivity contribution is 0.0903. The molecule has 2 rings (SSSR count). The van der Waals surface area contributed by atoms with E-state index in [1.807, 2.05) is 26.0 Å². The van der Waals surface area contributed by atoms with Crippen LogP contribution in [0.2, 0.25) is 0 Å². The van der Waals surface area contributed by atoms with Crippen LogP contribution in [0, 0.1) is 5.92 Å². The summed E-state index contributed by atoms with van der Waals surface area (Å²) in [5.74, 6) is -0.387. The van der Waals surface area contributed by atoms with Gasteiger partial charge in [-0.15, -0.1) is 0 Å². The number of aryl methyl sites for hydroxylation is 1. The number of aliphatic hydroxyl groups is 1. The van der Waals surface area contributed by atoms with Crippen LogP contribution in [0.5, 0.6) is 0 Å². The van der Waals surface area contributed by atoms with Crippen molar-refractivity contribution >= 4 is 11.6 Å². The Labute approximate surface area is 144 Å². The van der Waals surface area contributed by atoms with E-state index in [1.54, 1.807) is 6.07 Å². The average Bonchev–Trinajstić information content (AvgIpc) is 2.90. The predicted octanol–water partition coefficient (Wildman–Crippen LogP) is 2.94. The van der Waals surface area contributed by atoms with Crippen molar-refractivity contribution in [2.75, 3.05) is 19.7 Å². The Morgan fingerprint density at radius 1 is 1.25 bits per heavy atom. The third kappa shape index (κ3) is 4.19. The van der Waals surface area contributed by atoms with Crippen molar-refractivity contribution in [3.63, 3.8) is 0 Å². The van der Waals surface area contributed by atoms with Crippen LogP contribution in [0.15, 0.2) is 29.8 Å². The Balaban J connectivity index is 2.33. The highest BCUT2D eigenvalue weighted by Crippen LogP contribution is 2.26. The van der Waals surface area contributed by atoms with Crippen molar-refractivity contribution in [1.82, 2.24) is 5.32 Å². The van der Waals surface area contributed by atoms with E-state index in [9.17, 15) is 14.7 Å². The molecule has 0 saturated heterocycles. The van der Waals surface area contributed by atoms with E-state index in [1.165, 1.54) is 5.57 Å². The third-order valence-electron chi connectivity index (χ3n) is 4.71. The summed E-state index contributed by atoms with van der Waals surface area (Å²) in [5.41, 5.74) is 3.10. The molecule has 4 heteroatoms. The monoisotopic (exact) mass is 329 g/mol. The van der Waals surface area contributed by atoms with Gasteiger partial charge in [-0.2, -0.15) is 0 Å². The molecular formula is C20H27NO3. The van der Waals surface area contributed by atoms with Gasteiger partial charge in [0.1, 0.15) is 6.61 Å². The van der Waals surface area contributed by atoms with E-state index in [4.69, 9.17) is 0 Å². The fraction of sp³-hybridized carbons (Fsp3) is 0.500. The summed E-state index contributed by atoms with van der Waals surface area (Å²) in [4.78, 5) is 25.0. The van der Waals surface area contributed by atoms with Crippen LogP contribution in [0.1, 0.15) is 59.4 Å². The highest BCUT2D eigenvalue weighted by Gasteiger charge is 2.24. The second-order valence-electron chi connectivity index (χ2n) is 6.20. The van der Waals surface area contributed by atoms with Crippen LogP contribution in [-0.4, -0.2) is 36.4 Å². The third-order valence-corrected chi connectivity index (χ3v) is 4.71. The van der Waals surface area contributed by atoms with Crippen LogP contribution in [0.3, 0.4) is 0 Å². The summed E-state index contributed by atoms with van der Waals surface area (Å²) in [7, 11) is 0. The summed E-state index contributed by atoms with van der Waals surface area (Å²) in [5, 5.41) is 12.5. The summed E-state index contributed by atoms with van der Waals surface area (Å²) in [6, 6.07) is 5.32. The van der Waals surface area contributed by atoms with Crippen LogP contribution in [0.4, 0.5) is 0 Å². The van der Waals surface area contributed by atoms with E-state index in [0.717, 1.165) is 37.9 Å². The first-order valence-corrected chi connectivity index (χ1v) is 8.83. The molecule has 0 spiro atoms. The number of aliphatic hydroxyl groups excluding tert-OH is 1. The molecule has 1 unspecified atom stereocenters. The maximum absolute atomic E-state index is 13.0. The molecule has 2 N–H and O–H groups in total. The first-order valence-electron chi connectivity index (χ1n) is 8.83. The van der Waals surface area contributed by atoms with E-state index >= 15 is 0 Å². The molecule has 24 heavy (non-hydrogen) atoms. The van der Waals surface area contributed by atoms with E-state index in [2.05, 4.69) is 11.4 Å². The highest BCUT2D eigenvalue weighted by atomic mass is 16.3. The van der Waals surface area contributed by atoms with Crippen molar-refractivity contribution in [3.8, 4) is 0 Å². The Bertz CT molecular complexity index is 634. The standard InChI is InChI=1S/C20H27NO3/c1-3-14-7-8-16(12-18(14)19(23)13-22)20(24)17(4-2)15-6-5-10-21-11-9-15/h6-8,12,17,21-22H,3-5,9-11,13H2,1-2H3. The molecule has 0 amide bonds. The van der Waals surface area contributed by atoms with Crippen molar-refractivity contribution in [3.05, 3.63) is 46.5 Å². The lowest BCUT2D eigenvalue weighted by atomic mass is 9.85. The maximum Gasteiger partial charge on any atom is 0.188 e. The molecule has 0 radical (unpaired) electrons. The van der Waals surface area contributed by atoms with E-state index in [-0.39, 0.29) is 17.5 Å². The molecule has 0 aliphatic carbocycles. The maximum atomic E-state index is 13.0. The largest absolute Gasteiger partial charge is 0.388 e. The second kappa shape index (κ2) is 8.90. The molecule has 0 aromatic heterocycles. The van der Waals surface area contributed by atoms with E-state index in [0.29, 0.717) is 17.5 Å². The number of carbonyl (C=O) groups excluding carboxylic acids is 2. The lowest BCUT2D eigenvalue weighted by Gasteiger charge is -2.18. The lowest BCUT2D eigenvalue weighted by Crippen LogP contribution is -2.20. The van der Waals surface area contributed by atoms with Crippen LogP contribution in [-0.2, 0) is 6.42 Å². The number of hydrogen-bond acceptors (Lipinski definition) is 4. The molecule has 1 heterocycles. The summed E-state index contributed by atoms with van der Waals surface area (Å²) >= 11 is 0. The Morgan fingerprint density at radius 2 is 2.04 bits per heavy atom. The minimum atomic E-state index is -0.529. The number of benzene rings is 1. The van der Waals surface area contributed by atoms with Gasteiger partial charge in [0.15, 0.2) is 11.6 Å². The minimum Gasteiger partial charge on any atom is -0.388 e. The molecule has 1 aromatic carbocycles. The highest BCUT2D eigenvalue weighted by molar-refractivity contribution is 6.04. The van der Waals surface area contributed by atoms with Gasteiger partial charge in [0.25, 0.3) is 0 Å². The molecule has 4 nitrogen and oxygen atoms in total. The topological polar surface area (TPSA) is 66.4 Å². The zero-order chi connectivity index (χ0) is 17.5. The molecule has 1 aliphatic heterocycles. The first-order chi connectivity index (χ1) is 11.6. The SMILES string of the molecule is CCc1ccc(C(=O)C(CC)C2=CCCNCC2)cc1C(=O)CO. The van der Waals surface area contributed by atoms with Gasteiger partial charge in [0.2, 0.25) is 0 Å². The molecule has 0 saturated carbocycles. The zero-order valence-corrected chi connectivity index (χ0v) is 14.6. The van der Waals surface area contributed by atoms with Crippen molar-refractivity contribution < 1.29 is 14.7 Å². The second-order valence-corrected chi connectivity index (χ2v) is 6.20. The molecule has 1 atom stereocenters. The Kier molecular flexibility index (Phi) is 6.88. The number of hydrogen-bond donors (Lipinski definition) is 2. The number of nitrogens with one attached hydrogen (secondary N) is 1. The molecule has 130 valence electrons.